The van der Waals surface area contributed by atoms with Crippen LogP contribution in [0.4, 0.5) is 5.69 Å². The van der Waals surface area contributed by atoms with Crippen molar-refractivity contribution in [2.75, 3.05) is 25.1 Å². The van der Waals surface area contributed by atoms with E-state index in [0.29, 0.717) is 22.9 Å². The monoisotopic (exact) mass is 486 g/mol. The van der Waals surface area contributed by atoms with Crippen molar-refractivity contribution < 1.29 is 23.9 Å². The average molecular weight is 488 g/mol. The van der Waals surface area contributed by atoms with Gasteiger partial charge in [0, 0.05) is 10.6 Å². The second-order valence-corrected chi connectivity index (χ2v) is 7.61. The van der Waals surface area contributed by atoms with Gasteiger partial charge in [-0.1, -0.05) is 48.1 Å². The SMILES string of the molecule is CCCCOc1ccc(C(=O)NCC(=O)OCC(=O)Nc2c(Cl)cc(Cl)cc2Cl)cc1. The van der Waals surface area contributed by atoms with E-state index in [4.69, 9.17) is 44.3 Å². The number of halogens is 3. The summed E-state index contributed by atoms with van der Waals surface area (Å²) >= 11 is 17.8. The first-order chi connectivity index (χ1) is 14.8. The minimum atomic E-state index is -0.781. The number of unbranched alkanes of at least 4 members (excludes halogenated alkanes) is 1. The zero-order chi connectivity index (χ0) is 22.8. The quantitative estimate of drug-likeness (QED) is 0.373. The summed E-state index contributed by atoms with van der Waals surface area (Å²) in [6.45, 7) is 1.70. The second kappa shape index (κ2) is 12.4. The summed E-state index contributed by atoms with van der Waals surface area (Å²) in [7, 11) is 0. The molecule has 0 fully saturated rings. The van der Waals surface area contributed by atoms with Crippen LogP contribution in [-0.4, -0.2) is 37.5 Å². The summed E-state index contributed by atoms with van der Waals surface area (Å²) in [6, 6.07) is 9.37. The highest BCUT2D eigenvalue weighted by Gasteiger charge is 2.14. The van der Waals surface area contributed by atoms with Gasteiger partial charge in [-0.25, -0.2) is 0 Å². The molecule has 0 aliphatic heterocycles. The molecule has 0 saturated carbocycles. The molecule has 0 aliphatic rings. The number of nitrogens with one attached hydrogen (secondary N) is 2. The molecule has 0 heterocycles. The average Bonchev–Trinajstić information content (AvgIpc) is 2.73. The molecule has 2 rings (SSSR count). The molecular formula is C21H21Cl3N2O5. The van der Waals surface area contributed by atoms with Crippen LogP contribution in [0.2, 0.25) is 15.1 Å². The molecule has 0 spiro atoms. The summed E-state index contributed by atoms with van der Waals surface area (Å²) < 4.78 is 10.4. The van der Waals surface area contributed by atoms with Crippen LogP contribution in [0.1, 0.15) is 30.1 Å². The molecule has 2 aromatic rings. The predicted octanol–water partition coefficient (Wildman–Crippen LogP) is 4.74. The lowest BCUT2D eigenvalue weighted by Crippen LogP contribution is -2.32. The van der Waals surface area contributed by atoms with E-state index in [1.54, 1.807) is 24.3 Å². The maximum Gasteiger partial charge on any atom is 0.325 e. The van der Waals surface area contributed by atoms with E-state index in [9.17, 15) is 14.4 Å². The number of amides is 2. The standard InChI is InChI=1S/C21H21Cl3N2O5/c1-2-3-8-30-15-6-4-13(5-7-15)21(29)25-11-19(28)31-12-18(27)26-20-16(23)9-14(22)10-17(20)24/h4-7,9-10H,2-3,8,11-12H2,1H3,(H,25,29)(H,26,27). The van der Waals surface area contributed by atoms with Crippen molar-refractivity contribution in [3.8, 4) is 5.75 Å². The van der Waals surface area contributed by atoms with Gasteiger partial charge in [-0.05, 0) is 42.8 Å². The Labute approximate surface area is 194 Å². The van der Waals surface area contributed by atoms with Crippen LogP contribution in [0.15, 0.2) is 36.4 Å². The molecule has 31 heavy (non-hydrogen) atoms. The lowest BCUT2D eigenvalue weighted by molar-refractivity contribution is -0.146. The largest absolute Gasteiger partial charge is 0.494 e. The van der Waals surface area contributed by atoms with Gasteiger partial charge in [-0.3, -0.25) is 14.4 Å². The molecule has 0 aromatic heterocycles. The van der Waals surface area contributed by atoms with Gasteiger partial charge in [0.1, 0.15) is 12.3 Å². The Kier molecular flexibility index (Phi) is 9.91. The van der Waals surface area contributed by atoms with E-state index >= 15 is 0 Å². The van der Waals surface area contributed by atoms with E-state index in [1.807, 2.05) is 0 Å². The topological polar surface area (TPSA) is 93.7 Å². The Hall–Kier alpha value is -2.48. The molecule has 10 heteroatoms. The van der Waals surface area contributed by atoms with Crippen molar-refractivity contribution in [1.82, 2.24) is 5.32 Å². The molecule has 166 valence electrons. The fourth-order valence-electron chi connectivity index (χ4n) is 2.33. The van der Waals surface area contributed by atoms with Gasteiger partial charge in [0.2, 0.25) is 0 Å². The van der Waals surface area contributed by atoms with Crippen LogP contribution in [0.3, 0.4) is 0 Å². The van der Waals surface area contributed by atoms with Crippen LogP contribution < -0.4 is 15.4 Å². The number of ether oxygens (including phenoxy) is 2. The van der Waals surface area contributed by atoms with Crippen LogP contribution >= 0.6 is 34.8 Å². The highest BCUT2D eigenvalue weighted by atomic mass is 35.5. The Bertz CT molecular complexity index is 912. The number of hydrogen-bond donors (Lipinski definition) is 2. The first kappa shape index (κ1) is 24.8. The van der Waals surface area contributed by atoms with Gasteiger partial charge < -0.3 is 20.1 Å². The molecule has 0 unspecified atom stereocenters. The van der Waals surface area contributed by atoms with Gasteiger partial charge in [-0.2, -0.15) is 0 Å². The molecule has 0 radical (unpaired) electrons. The summed E-state index contributed by atoms with van der Waals surface area (Å²) in [5, 5.41) is 5.47. The van der Waals surface area contributed by atoms with E-state index in [-0.39, 0.29) is 15.7 Å². The lowest BCUT2D eigenvalue weighted by atomic mass is 10.2. The summed E-state index contributed by atoms with van der Waals surface area (Å²) in [6.07, 6.45) is 1.98. The third-order valence-electron chi connectivity index (χ3n) is 3.91. The fourth-order valence-corrected chi connectivity index (χ4v) is 3.24. The number of esters is 1. The highest BCUT2D eigenvalue weighted by molar-refractivity contribution is 6.42. The maximum absolute atomic E-state index is 12.1. The van der Waals surface area contributed by atoms with Crippen molar-refractivity contribution in [3.63, 3.8) is 0 Å². The second-order valence-electron chi connectivity index (χ2n) is 6.36. The molecule has 2 N–H and O–H groups in total. The maximum atomic E-state index is 12.1. The Morgan fingerprint density at radius 3 is 2.26 bits per heavy atom. The van der Waals surface area contributed by atoms with Gasteiger partial charge >= 0.3 is 5.97 Å². The molecule has 0 saturated heterocycles. The fraction of sp³-hybridized carbons (Fsp3) is 0.286. The van der Waals surface area contributed by atoms with Gasteiger partial charge in [-0.15, -0.1) is 0 Å². The third-order valence-corrected chi connectivity index (χ3v) is 4.73. The zero-order valence-electron chi connectivity index (χ0n) is 16.7. The molecule has 0 bridgehead atoms. The zero-order valence-corrected chi connectivity index (χ0v) is 18.9. The van der Waals surface area contributed by atoms with Crippen molar-refractivity contribution in [2.24, 2.45) is 0 Å². The molecule has 0 atom stereocenters. The molecule has 7 nitrogen and oxygen atoms in total. The number of anilines is 1. The molecule has 0 aliphatic carbocycles. The van der Waals surface area contributed by atoms with E-state index in [2.05, 4.69) is 17.6 Å². The number of carbonyl (C=O) groups excluding carboxylic acids is 3. The minimum Gasteiger partial charge on any atom is -0.494 e. The Morgan fingerprint density at radius 2 is 1.65 bits per heavy atom. The lowest BCUT2D eigenvalue weighted by Gasteiger charge is -2.10. The first-order valence-corrected chi connectivity index (χ1v) is 10.5. The number of hydrogen-bond acceptors (Lipinski definition) is 5. The number of rotatable bonds is 10. The number of carbonyl (C=O) groups is 3. The summed E-state index contributed by atoms with van der Waals surface area (Å²) in [5.74, 6) is -1.22. The van der Waals surface area contributed by atoms with E-state index in [0.717, 1.165) is 12.8 Å². The van der Waals surface area contributed by atoms with Crippen LogP contribution in [0.25, 0.3) is 0 Å². The van der Waals surface area contributed by atoms with Crippen molar-refractivity contribution in [1.29, 1.82) is 0 Å². The smallest absolute Gasteiger partial charge is 0.325 e. The normalized spacial score (nSPS) is 10.3. The Morgan fingerprint density at radius 1 is 1.00 bits per heavy atom. The first-order valence-electron chi connectivity index (χ1n) is 9.41. The highest BCUT2D eigenvalue weighted by Crippen LogP contribution is 2.33. The summed E-state index contributed by atoms with van der Waals surface area (Å²) in [4.78, 5) is 35.9. The number of benzene rings is 2. The molecule has 2 amide bonds. The predicted molar refractivity (Wildman–Crippen MR) is 120 cm³/mol. The van der Waals surface area contributed by atoms with E-state index in [1.165, 1.54) is 12.1 Å². The van der Waals surface area contributed by atoms with Crippen LogP contribution in [0.5, 0.6) is 5.75 Å². The van der Waals surface area contributed by atoms with Gasteiger partial charge in [0.25, 0.3) is 11.8 Å². The minimum absolute atomic E-state index is 0.145. The summed E-state index contributed by atoms with van der Waals surface area (Å²) in [5.41, 5.74) is 0.518. The van der Waals surface area contributed by atoms with Gasteiger partial charge in [0.15, 0.2) is 6.61 Å². The van der Waals surface area contributed by atoms with E-state index < -0.39 is 30.9 Å². The van der Waals surface area contributed by atoms with Crippen LogP contribution in [-0.2, 0) is 14.3 Å². The van der Waals surface area contributed by atoms with Crippen molar-refractivity contribution in [2.45, 2.75) is 19.8 Å². The molecular weight excluding hydrogens is 467 g/mol. The van der Waals surface area contributed by atoms with Crippen LogP contribution in [0, 0.1) is 0 Å². The van der Waals surface area contributed by atoms with Crippen molar-refractivity contribution >= 4 is 58.3 Å². The molecule has 2 aromatic carbocycles. The third kappa shape index (κ3) is 8.28. The van der Waals surface area contributed by atoms with Gasteiger partial charge in [0.05, 0.1) is 22.3 Å². The Balaban J connectivity index is 1.75. The van der Waals surface area contributed by atoms with Crippen molar-refractivity contribution in [3.05, 3.63) is 57.0 Å².